The van der Waals surface area contributed by atoms with E-state index < -0.39 is 0 Å². The second-order valence-corrected chi connectivity index (χ2v) is 6.56. The van der Waals surface area contributed by atoms with Crippen molar-refractivity contribution >= 4 is 11.7 Å². The molecule has 0 saturated heterocycles. The van der Waals surface area contributed by atoms with Crippen molar-refractivity contribution in [2.45, 2.75) is 46.0 Å². The molecule has 1 aliphatic carbocycles. The average Bonchev–Trinajstić information content (AvgIpc) is 3.19. The number of amides is 1. The van der Waals surface area contributed by atoms with E-state index in [0.717, 1.165) is 24.6 Å². The third kappa shape index (κ3) is 3.95. The molecule has 110 valence electrons. The van der Waals surface area contributed by atoms with Gasteiger partial charge in [0.25, 0.3) is 5.91 Å². The summed E-state index contributed by atoms with van der Waals surface area (Å²) in [5, 5.41) is 6.22. The SMILES string of the molecule is CCNc1cc(C(=O)NCC2CC2)cc(C(C)(C)C)n1. The van der Waals surface area contributed by atoms with Crippen LogP contribution in [0.5, 0.6) is 0 Å². The number of nitrogens with one attached hydrogen (secondary N) is 2. The van der Waals surface area contributed by atoms with E-state index in [1.807, 2.05) is 19.1 Å². The summed E-state index contributed by atoms with van der Waals surface area (Å²) in [7, 11) is 0. The smallest absolute Gasteiger partial charge is 0.251 e. The van der Waals surface area contributed by atoms with E-state index in [1.165, 1.54) is 12.8 Å². The van der Waals surface area contributed by atoms with Gasteiger partial charge in [-0.05, 0) is 37.8 Å². The molecule has 0 radical (unpaired) electrons. The highest BCUT2D eigenvalue weighted by Crippen LogP contribution is 2.28. The van der Waals surface area contributed by atoms with Gasteiger partial charge >= 0.3 is 0 Å². The Bertz CT molecular complexity index is 487. The molecule has 4 nitrogen and oxygen atoms in total. The zero-order valence-electron chi connectivity index (χ0n) is 12.9. The van der Waals surface area contributed by atoms with Crippen LogP contribution in [0.1, 0.15) is 56.6 Å². The molecule has 0 bridgehead atoms. The van der Waals surface area contributed by atoms with Crippen LogP contribution in [0.3, 0.4) is 0 Å². The van der Waals surface area contributed by atoms with Crippen LogP contribution in [-0.2, 0) is 5.41 Å². The first-order valence-corrected chi connectivity index (χ1v) is 7.44. The van der Waals surface area contributed by atoms with Crippen molar-refractivity contribution in [1.82, 2.24) is 10.3 Å². The van der Waals surface area contributed by atoms with Crippen molar-refractivity contribution < 1.29 is 4.79 Å². The van der Waals surface area contributed by atoms with E-state index in [9.17, 15) is 4.79 Å². The maximum atomic E-state index is 12.2. The van der Waals surface area contributed by atoms with Gasteiger partial charge < -0.3 is 10.6 Å². The Kier molecular flexibility index (Phi) is 4.31. The van der Waals surface area contributed by atoms with Crippen LogP contribution in [0.4, 0.5) is 5.82 Å². The minimum absolute atomic E-state index is 0.00366. The lowest BCUT2D eigenvalue weighted by molar-refractivity contribution is 0.0951. The minimum Gasteiger partial charge on any atom is -0.370 e. The highest BCUT2D eigenvalue weighted by atomic mass is 16.1. The van der Waals surface area contributed by atoms with Crippen LogP contribution in [-0.4, -0.2) is 24.0 Å². The van der Waals surface area contributed by atoms with Gasteiger partial charge in [-0.15, -0.1) is 0 Å². The van der Waals surface area contributed by atoms with Crippen molar-refractivity contribution in [3.63, 3.8) is 0 Å². The van der Waals surface area contributed by atoms with Crippen LogP contribution in [0, 0.1) is 5.92 Å². The molecule has 1 heterocycles. The fourth-order valence-corrected chi connectivity index (χ4v) is 1.98. The Morgan fingerprint density at radius 1 is 1.35 bits per heavy atom. The number of carbonyl (C=O) groups excluding carboxylic acids is 1. The average molecular weight is 275 g/mol. The Morgan fingerprint density at radius 2 is 2.05 bits per heavy atom. The number of rotatable bonds is 5. The highest BCUT2D eigenvalue weighted by Gasteiger charge is 2.23. The lowest BCUT2D eigenvalue weighted by atomic mass is 9.90. The number of carbonyl (C=O) groups is 1. The van der Waals surface area contributed by atoms with Gasteiger partial charge in [-0.1, -0.05) is 20.8 Å². The van der Waals surface area contributed by atoms with Gasteiger partial charge in [-0.3, -0.25) is 4.79 Å². The van der Waals surface area contributed by atoms with Crippen molar-refractivity contribution in [1.29, 1.82) is 0 Å². The molecular weight excluding hydrogens is 250 g/mol. The molecule has 1 aromatic rings. The molecule has 0 aromatic carbocycles. The zero-order chi connectivity index (χ0) is 14.8. The molecular formula is C16H25N3O. The van der Waals surface area contributed by atoms with Crippen LogP contribution in [0.15, 0.2) is 12.1 Å². The number of hydrogen-bond acceptors (Lipinski definition) is 3. The van der Waals surface area contributed by atoms with E-state index in [4.69, 9.17) is 0 Å². The summed E-state index contributed by atoms with van der Waals surface area (Å²) in [5.74, 6) is 1.47. The molecule has 2 rings (SSSR count). The maximum absolute atomic E-state index is 12.2. The number of nitrogens with zero attached hydrogens (tertiary/aromatic N) is 1. The van der Waals surface area contributed by atoms with Crippen molar-refractivity contribution in [3.8, 4) is 0 Å². The Balaban J connectivity index is 2.20. The maximum Gasteiger partial charge on any atom is 0.251 e. The van der Waals surface area contributed by atoms with Crippen molar-refractivity contribution in [3.05, 3.63) is 23.4 Å². The normalized spacial score (nSPS) is 15.0. The predicted molar refractivity (Wildman–Crippen MR) is 82.2 cm³/mol. The van der Waals surface area contributed by atoms with Crippen LogP contribution in [0.25, 0.3) is 0 Å². The van der Waals surface area contributed by atoms with E-state index in [2.05, 4.69) is 36.4 Å². The molecule has 1 aliphatic rings. The largest absolute Gasteiger partial charge is 0.370 e. The van der Waals surface area contributed by atoms with E-state index in [-0.39, 0.29) is 11.3 Å². The van der Waals surface area contributed by atoms with Crippen molar-refractivity contribution in [2.75, 3.05) is 18.4 Å². The number of hydrogen-bond donors (Lipinski definition) is 2. The van der Waals surface area contributed by atoms with Crippen molar-refractivity contribution in [2.24, 2.45) is 5.92 Å². The summed E-state index contributed by atoms with van der Waals surface area (Å²) in [6.45, 7) is 9.94. The second kappa shape index (κ2) is 5.81. The van der Waals surface area contributed by atoms with Crippen LogP contribution < -0.4 is 10.6 Å². The standard InChI is InChI=1S/C16H25N3O/c1-5-17-14-9-12(8-13(19-14)16(2,3)4)15(20)18-10-11-6-7-11/h8-9,11H,5-7,10H2,1-4H3,(H,17,19)(H,18,20). The predicted octanol–water partition coefficient (Wildman–Crippen LogP) is 2.95. The summed E-state index contributed by atoms with van der Waals surface area (Å²) in [5.41, 5.74) is 1.56. The first kappa shape index (κ1) is 14.8. The summed E-state index contributed by atoms with van der Waals surface area (Å²) in [6, 6.07) is 3.74. The minimum atomic E-state index is -0.0725. The van der Waals surface area contributed by atoms with E-state index in [1.54, 1.807) is 0 Å². The summed E-state index contributed by atoms with van der Waals surface area (Å²) < 4.78 is 0. The third-order valence-corrected chi connectivity index (χ3v) is 3.46. The van der Waals surface area contributed by atoms with Gasteiger partial charge in [0, 0.05) is 29.8 Å². The first-order chi connectivity index (χ1) is 9.40. The lowest BCUT2D eigenvalue weighted by Gasteiger charge is -2.20. The molecule has 1 aromatic heterocycles. The number of aromatic nitrogens is 1. The molecule has 0 aliphatic heterocycles. The quantitative estimate of drug-likeness (QED) is 0.868. The van der Waals surface area contributed by atoms with Crippen LogP contribution >= 0.6 is 0 Å². The molecule has 0 unspecified atom stereocenters. The molecule has 0 spiro atoms. The van der Waals surface area contributed by atoms with Crippen LogP contribution in [0.2, 0.25) is 0 Å². The second-order valence-electron chi connectivity index (χ2n) is 6.56. The van der Waals surface area contributed by atoms with Gasteiger partial charge in [-0.2, -0.15) is 0 Å². The monoisotopic (exact) mass is 275 g/mol. The molecule has 2 N–H and O–H groups in total. The fourth-order valence-electron chi connectivity index (χ4n) is 1.98. The molecule has 1 saturated carbocycles. The topological polar surface area (TPSA) is 54.0 Å². The Morgan fingerprint density at radius 3 is 2.60 bits per heavy atom. The lowest BCUT2D eigenvalue weighted by Crippen LogP contribution is -2.26. The van der Waals surface area contributed by atoms with Gasteiger partial charge in [0.1, 0.15) is 5.82 Å². The Hall–Kier alpha value is -1.58. The first-order valence-electron chi connectivity index (χ1n) is 7.44. The number of anilines is 1. The van der Waals surface area contributed by atoms with Gasteiger partial charge in [0.15, 0.2) is 0 Å². The molecule has 0 atom stereocenters. The summed E-state index contributed by atoms with van der Waals surface area (Å²) in [6.07, 6.45) is 2.49. The summed E-state index contributed by atoms with van der Waals surface area (Å²) in [4.78, 5) is 16.8. The van der Waals surface area contributed by atoms with Gasteiger partial charge in [-0.25, -0.2) is 4.98 Å². The Labute approximate surface area is 121 Å². The molecule has 1 amide bonds. The fraction of sp³-hybridized carbons (Fsp3) is 0.625. The highest BCUT2D eigenvalue weighted by molar-refractivity contribution is 5.95. The summed E-state index contributed by atoms with van der Waals surface area (Å²) >= 11 is 0. The molecule has 1 fully saturated rings. The third-order valence-electron chi connectivity index (χ3n) is 3.46. The van der Waals surface area contributed by atoms with Gasteiger partial charge in [0.2, 0.25) is 0 Å². The number of pyridine rings is 1. The molecule has 4 heteroatoms. The van der Waals surface area contributed by atoms with E-state index >= 15 is 0 Å². The zero-order valence-corrected chi connectivity index (χ0v) is 12.9. The van der Waals surface area contributed by atoms with Gasteiger partial charge in [0.05, 0.1) is 0 Å². The van der Waals surface area contributed by atoms with E-state index in [0.29, 0.717) is 11.5 Å². The molecule has 20 heavy (non-hydrogen) atoms.